The lowest BCUT2D eigenvalue weighted by molar-refractivity contribution is -0.149. The van der Waals surface area contributed by atoms with Gasteiger partial charge in [-0.25, -0.2) is 4.79 Å². The fourth-order valence-corrected chi connectivity index (χ4v) is 2.41. The van der Waals surface area contributed by atoms with Crippen molar-refractivity contribution in [3.8, 4) is 17.6 Å². The fourth-order valence-electron chi connectivity index (χ4n) is 2.41. The number of para-hydroxylation sites is 3. The molecule has 0 unspecified atom stereocenters. The summed E-state index contributed by atoms with van der Waals surface area (Å²) in [6, 6.07) is 17.9. The molecule has 146 valence electrons. The highest BCUT2D eigenvalue weighted by Crippen LogP contribution is 2.26. The minimum Gasteiger partial charge on any atom is -0.490 e. The third kappa shape index (κ3) is 6.32. The Kier molecular flexibility index (Phi) is 8.34. The van der Waals surface area contributed by atoms with Crippen molar-refractivity contribution in [2.75, 3.05) is 31.3 Å². The van der Waals surface area contributed by atoms with Gasteiger partial charge >= 0.3 is 5.97 Å². The van der Waals surface area contributed by atoms with Gasteiger partial charge < -0.3 is 19.1 Å². The van der Waals surface area contributed by atoms with E-state index in [1.807, 2.05) is 19.1 Å². The molecule has 0 aliphatic heterocycles. The molecular weight excluding hydrogens is 360 g/mol. The first-order valence-corrected chi connectivity index (χ1v) is 8.88. The summed E-state index contributed by atoms with van der Waals surface area (Å²) in [7, 11) is 0. The van der Waals surface area contributed by atoms with E-state index in [4.69, 9.17) is 19.5 Å². The Bertz CT molecular complexity index is 817. The Morgan fingerprint density at radius 1 is 0.964 bits per heavy atom. The van der Waals surface area contributed by atoms with Crippen molar-refractivity contribution in [3.63, 3.8) is 0 Å². The minimum absolute atomic E-state index is 0.173. The van der Waals surface area contributed by atoms with E-state index in [1.54, 1.807) is 48.5 Å². The summed E-state index contributed by atoms with van der Waals surface area (Å²) in [6.07, 6.45) is 0.173. The monoisotopic (exact) mass is 382 g/mol. The second-order valence-corrected chi connectivity index (χ2v) is 5.62. The molecule has 7 nitrogen and oxygen atoms in total. The molecular formula is C21H22N2O5. The number of hydrogen-bond donors (Lipinski definition) is 0. The number of ether oxygens (including phenoxy) is 3. The van der Waals surface area contributed by atoms with Crippen molar-refractivity contribution in [2.24, 2.45) is 0 Å². The molecule has 1 amide bonds. The molecule has 0 heterocycles. The predicted molar refractivity (Wildman–Crippen MR) is 103 cm³/mol. The van der Waals surface area contributed by atoms with E-state index in [0.717, 1.165) is 0 Å². The number of hydrogen-bond acceptors (Lipinski definition) is 6. The predicted octanol–water partition coefficient (Wildman–Crippen LogP) is 2.95. The highest BCUT2D eigenvalue weighted by molar-refractivity contribution is 5.95. The van der Waals surface area contributed by atoms with Crippen LogP contribution in [-0.2, 0) is 14.3 Å². The normalized spacial score (nSPS) is 9.86. The van der Waals surface area contributed by atoms with Gasteiger partial charge in [-0.2, -0.15) is 5.26 Å². The van der Waals surface area contributed by atoms with Crippen molar-refractivity contribution in [1.29, 1.82) is 5.26 Å². The lowest BCUT2D eigenvalue weighted by Crippen LogP contribution is -2.36. The van der Waals surface area contributed by atoms with Gasteiger partial charge in [0, 0.05) is 12.2 Å². The van der Waals surface area contributed by atoms with Crippen LogP contribution in [0.2, 0.25) is 0 Å². The molecule has 0 fully saturated rings. The molecule has 0 N–H and O–H groups in total. The van der Waals surface area contributed by atoms with Crippen LogP contribution in [0, 0.1) is 11.3 Å². The first-order chi connectivity index (χ1) is 13.7. The zero-order valence-corrected chi connectivity index (χ0v) is 15.7. The Labute approximate surface area is 164 Å². The van der Waals surface area contributed by atoms with E-state index in [-0.39, 0.29) is 19.6 Å². The number of benzene rings is 2. The standard InChI is InChI=1S/C21H22N2O5/c1-2-26-18-11-6-7-12-19(18)27-16-21(25)28-15-20(24)23(14-8-13-22)17-9-4-3-5-10-17/h3-7,9-12H,2,8,14-16H2,1H3. The Morgan fingerprint density at radius 3 is 2.25 bits per heavy atom. The average molecular weight is 382 g/mol. The summed E-state index contributed by atoms with van der Waals surface area (Å²) in [5, 5.41) is 8.80. The second kappa shape index (κ2) is 11.2. The van der Waals surface area contributed by atoms with E-state index in [9.17, 15) is 9.59 Å². The van der Waals surface area contributed by atoms with Gasteiger partial charge in [0.1, 0.15) is 0 Å². The molecule has 0 spiro atoms. The molecule has 0 radical (unpaired) electrons. The Hall–Kier alpha value is -3.53. The van der Waals surface area contributed by atoms with Crippen LogP contribution in [0.3, 0.4) is 0 Å². The van der Waals surface area contributed by atoms with E-state index >= 15 is 0 Å². The fraction of sp³-hybridized carbons (Fsp3) is 0.286. The van der Waals surface area contributed by atoms with Crippen LogP contribution in [0.1, 0.15) is 13.3 Å². The minimum atomic E-state index is -0.673. The molecule has 2 aromatic rings. The molecule has 28 heavy (non-hydrogen) atoms. The third-order valence-electron chi connectivity index (χ3n) is 3.67. The van der Waals surface area contributed by atoms with Gasteiger partial charge in [0.2, 0.25) is 0 Å². The third-order valence-corrected chi connectivity index (χ3v) is 3.67. The summed E-state index contributed by atoms with van der Waals surface area (Å²) in [5.41, 5.74) is 0.640. The first-order valence-electron chi connectivity index (χ1n) is 8.88. The van der Waals surface area contributed by atoms with Crippen LogP contribution < -0.4 is 14.4 Å². The maximum absolute atomic E-state index is 12.4. The van der Waals surface area contributed by atoms with Crippen LogP contribution in [0.5, 0.6) is 11.5 Å². The van der Waals surface area contributed by atoms with Crippen LogP contribution in [-0.4, -0.2) is 38.2 Å². The number of nitrogens with zero attached hydrogens (tertiary/aromatic N) is 2. The molecule has 2 rings (SSSR count). The SMILES string of the molecule is CCOc1ccccc1OCC(=O)OCC(=O)N(CCC#N)c1ccccc1. The van der Waals surface area contributed by atoms with Crippen LogP contribution in [0.15, 0.2) is 54.6 Å². The number of esters is 1. The molecule has 0 aromatic heterocycles. The lowest BCUT2D eigenvalue weighted by atomic mass is 10.2. The quantitative estimate of drug-likeness (QED) is 0.587. The smallest absolute Gasteiger partial charge is 0.344 e. The molecule has 0 aliphatic carbocycles. The van der Waals surface area contributed by atoms with Gasteiger partial charge in [-0.15, -0.1) is 0 Å². The van der Waals surface area contributed by atoms with Crippen molar-refractivity contribution >= 4 is 17.6 Å². The van der Waals surface area contributed by atoms with E-state index in [0.29, 0.717) is 23.8 Å². The average Bonchev–Trinajstić information content (AvgIpc) is 2.73. The number of anilines is 1. The summed E-state index contributed by atoms with van der Waals surface area (Å²) < 4.78 is 15.9. The largest absolute Gasteiger partial charge is 0.490 e. The van der Waals surface area contributed by atoms with Gasteiger partial charge in [-0.1, -0.05) is 30.3 Å². The Morgan fingerprint density at radius 2 is 1.61 bits per heavy atom. The maximum atomic E-state index is 12.4. The van der Waals surface area contributed by atoms with Crippen molar-refractivity contribution in [3.05, 3.63) is 54.6 Å². The van der Waals surface area contributed by atoms with E-state index < -0.39 is 18.5 Å². The van der Waals surface area contributed by atoms with Crippen LogP contribution >= 0.6 is 0 Å². The molecule has 7 heteroatoms. The van der Waals surface area contributed by atoms with Gasteiger partial charge in [0.05, 0.1) is 19.1 Å². The van der Waals surface area contributed by atoms with Crippen LogP contribution in [0.25, 0.3) is 0 Å². The summed E-state index contributed by atoms with van der Waals surface area (Å²) in [5.74, 6) is -0.134. The van der Waals surface area contributed by atoms with Gasteiger partial charge in [0.15, 0.2) is 24.7 Å². The highest BCUT2D eigenvalue weighted by atomic mass is 16.6. The summed E-state index contributed by atoms with van der Waals surface area (Å²) in [4.78, 5) is 25.8. The van der Waals surface area contributed by atoms with Gasteiger partial charge in [-0.05, 0) is 31.2 Å². The molecule has 2 aromatic carbocycles. The molecule has 0 atom stereocenters. The number of rotatable bonds is 10. The second-order valence-electron chi connectivity index (χ2n) is 5.62. The van der Waals surface area contributed by atoms with E-state index in [1.165, 1.54) is 4.90 Å². The van der Waals surface area contributed by atoms with Crippen LogP contribution in [0.4, 0.5) is 5.69 Å². The van der Waals surface area contributed by atoms with Gasteiger partial charge in [-0.3, -0.25) is 4.79 Å². The first kappa shape index (κ1) is 20.8. The number of amides is 1. The zero-order chi connectivity index (χ0) is 20.2. The zero-order valence-electron chi connectivity index (χ0n) is 15.7. The van der Waals surface area contributed by atoms with E-state index in [2.05, 4.69) is 0 Å². The number of nitriles is 1. The van der Waals surface area contributed by atoms with Crippen molar-refractivity contribution < 1.29 is 23.8 Å². The maximum Gasteiger partial charge on any atom is 0.344 e. The Balaban J connectivity index is 1.88. The summed E-state index contributed by atoms with van der Waals surface area (Å²) >= 11 is 0. The van der Waals surface area contributed by atoms with Crippen molar-refractivity contribution in [2.45, 2.75) is 13.3 Å². The lowest BCUT2D eigenvalue weighted by Gasteiger charge is -2.21. The number of carbonyl (C=O) groups is 2. The molecule has 0 saturated carbocycles. The summed E-state index contributed by atoms with van der Waals surface area (Å²) in [6.45, 7) is 1.75. The highest BCUT2D eigenvalue weighted by Gasteiger charge is 2.18. The molecule has 0 aliphatic rings. The number of carbonyl (C=O) groups excluding carboxylic acids is 2. The topological polar surface area (TPSA) is 88.9 Å². The van der Waals surface area contributed by atoms with Crippen molar-refractivity contribution in [1.82, 2.24) is 0 Å². The molecule has 0 saturated heterocycles. The molecule has 0 bridgehead atoms. The van der Waals surface area contributed by atoms with Gasteiger partial charge in [0.25, 0.3) is 5.91 Å².